The molecule has 0 aliphatic heterocycles. The molecule has 3 nitrogen and oxygen atoms in total. The number of benzene rings is 1. The zero-order valence-electron chi connectivity index (χ0n) is 12.1. The van der Waals surface area contributed by atoms with Gasteiger partial charge in [-0.2, -0.15) is 0 Å². The quantitative estimate of drug-likeness (QED) is 0.808. The molecule has 2 rings (SSSR count). The molecular weight excluding hydrogens is 352 g/mol. The van der Waals surface area contributed by atoms with Crippen LogP contribution in [0, 0.1) is 0 Å². The number of nitrogens with zero attached hydrogens (tertiary/aromatic N) is 1. The maximum atomic E-state index is 6.04. The monoisotopic (exact) mass is 368 g/mol. The molecule has 0 saturated carbocycles. The number of methoxy groups -OCH3 is 1. The summed E-state index contributed by atoms with van der Waals surface area (Å²) in [4.78, 5) is 4.25. The predicted molar refractivity (Wildman–Crippen MR) is 90.1 cm³/mol. The van der Waals surface area contributed by atoms with Crippen LogP contribution in [0.1, 0.15) is 30.5 Å². The number of rotatable bonds is 6. The zero-order chi connectivity index (χ0) is 15.2. The third-order valence-corrected chi connectivity index (χ3v) is 4.10. The third kappa shape index (κ3) is 4.19. The first-order chi connectivity index (χ1) is 10.2. The molecule has 0 aliphatic rings. The second-order valence-corrected chi connectivity index (χ2v) is 6.00. The zero-order valence-corrected chi connectivity index (χ0v) is 14.4. The summed E-state index contributed by atoms with van der Waals surface area (Å²) in [5.74, 6) is 0.751. The Hall–Kier alpha value is -1.10. The van der Waals surface area contributed by atoms with Crippen LogP contribution in [0.25, 0.3) is 0 Å². The highest BCUT2D eigenvalue weighted by Crippen LogP contribution is 2.31. The summed E-state index contributed by atoms with van der Waals surface area (Å²) in [6.45, 7) is 3.06. The fourth-order valence-corrected chi connectivity index (χ4v) is 3.05. The molecule has 0 radical (unpaired) electrons. The first kappa shape index (κ1) is 16.3. The Bertz CT molecular complexity index is 607. The molecule has 0 aliphatic carbocycles. The van der Waals surface area contributed by atoms with E-state index in [9.17, 15) is 0 Å². The Labute approximate surface area is 138 Å². The van der Waals surface area contributed by atoms with Crippen LogP contribution in [-0.4, -0.2) is 18.6 Å². The van der Waals surface area contributed by atoms with Gasteiger partial charge in [-0.25, -0.2) is 0 Å². The molecule has 21 heavy (non-hydrogen) atoms. The highest BCUT2D eigenvalue weighted by Gasteiger charge is 2.17. The smallest absolute Gasteiger partial charge is 0.137 e. The highest BCUT2D eigenvalue weighted by molar-refractivity contribution is 9.10. The lowest BCUT2D eigenvalue weighted by Crippen LogP contribution is -2.23. The van der Waals surface area contributed by atoms with Gasteiger partial charge in [0.05, 0.1) is 19.3 Å². The minimum atomic E-state index is 0.0409. The fraction of sp³-hybridized carbons (Fsp3) is 0.312. The number of pyridine rings is 1. The topological polar surface area (TPSA) is 34.2 Å². The Kier molecular flexibility index (Phi) is 6.03. The molecule has 2 aromatic rings. The van der Waals surface area contributed by atoms with Gasteiger partial charge in [-0.3, -0.25) is 4.98 Å². The Morgan fingerprint density at radius 1 is 1.33 bits per heavy atom. The van der Waals surface area contributed by atoms with Gasteiger partial charge in [0, 0.05) is 15.7 Å². The average molecular weight is 370 g/mol. The lowest BCUT2D eigenvalue weighted by molar-refractivity contribution is 0.411. The van der Waals surface area contributed by atoms with E-state index in [1.807, 2.05) is 30.5 Å². The molecule has 0 bridgehead atoms. The molecule has 0 saturated heterocycles. The Morgan fingerprint density at radius 2 is 2.14 bits per heavy atom. The second kappa shape index (κ2) is 7.78. The first-order valence-electron chi connectivity index (χ1n) is 6.83. The van der Waals surface area contributed by atoms with Gasteiger partial charge in [-0.1, -0.05) is 40.5 Å². The van der Waals surface area contributed by atoms with Gasteiger partial charge in [0.15, 0.2) is 0 Å². The van der Waals surface area contributed by atoms with Crippen molar-refractivity contribution in [3.63, 3.8) is 0 Å². The van der Waals surface area contributed by atoms with Gasteiger partial charge >= 0.3 is 0 Å². The number of nitrogens with one attached hydrogen (secondary N) is 1. The van der Waals surface area contributed by atoms with Gasteiger partial charge < -0.3 is 10.1 Å². The third-order valence-electron chi connectivity index (χ3n) is 3.18. The van der Waals surface area contributed by atoms with Gasteiger partial charge in [0.1, 0.15) is 5.75 Å². The highest BCUT2D eigenvalue weighted by atomic mass is 79.9. The minimum Gasteiger partial charge on any atom is -0.495 e. The van der Waals surface area contributed by atoms with Crippen LogP contribution in [0.5, 0.6) is 5.75 Å². The van der Waals surface area contributed by atoms with Crippen molar-refractivity contribution in [2.45, 2.75) is 19.4 Å². The lowest BCUT2D eigenvalue weighted by Gasteiger charge is -2.21. The van der Waals surface area contributed by atoms with E-state index < -0.39 is 0 Å². The molecule has 1 heterocycles. The second-order valence-electron chi connectivity index (χ2n) is 4.71. The number of hydrogen-bond donors (Lipinski definition) is 1. The summed E-state index contributed by atoms with van der Waals surface area (Å²) in [7, 11) is 1.65. The predicted octanol–water partition coefficient (Wildman–Crippen LogP) is 4.60. The van der Waals surface area contributed by atoms with Gasteiger partial charge in [0.25, 0.3) is 0 Å². The van der Waals surface area contributed by atoms with Crippen LogP contribution >= 0.6 is 27.5 Å². The summed E-state index contributed by atoms with van der Waals surface area (Å²) in [6.07, 6.45) is 4.62. The minimum absolute atomic E-state index is 0.0409. The van der Waals surface area contributed by atoms with Gasteiger partial charge in [-0.15, -0.1) is 0 Å². The summed E-state index contributed by atoms with van der Waals surface area (Å²) in [5.41, 5.74) is 2.19. The summed E-state index contributed by atoms with van der Waals surface area (Å²) in [6, 6.07) is 7.88. The number of aromatic nitrogens is 1. The molecule has 1 atom stereocenters. The first-order valence-corrected chi connectivity index (χ1v) is 8.00. The summed E-state index contributed by atoms with van der Waals surface area (Å²) >= 11 is 9.63. The van der Waals surface area contributed by atoms with Crippen LogP contribution in [0.2, 0.25) is 5.02 Å². The lowest BCUT2D eigenvalue weighted by atomic mass is 10.00. The molecule has 5 heteroatoms. The number of ether oxygens (including phenoxy) is 1. The largest absolute Gasteiger partial charge is 0.495 e. The normalized spacial score (nSPS) is 12.2. The van der Waals surface area contributed by atoms with Crippen LogP contribution in [0.3, 0.4) is 0 Å². The van der Waals surface area contributed by atoms with Crippen molar-refractivity contribution in [1.82, 2.24) is 10.3 Å². The summed E-state index contributed by atoms with van der Waals surface area (Å²) < 4.78 is 6.25. The van der Waals surface area contributed by atoms with Crippen molar-refractivity contribution in [1.29, 1.82) is 0 Å². The average Bonchev–Trinajstić information content (AvgIpc) is 2.49. The van der Waals surface area contributed by atoms with Crippen molar-refractivity contribution in [3.8, 4) is 5.75 Å². The van der Waals surface area contributed by atoms with E-state index in [1.165, 1.54) is 0 Å². The molecule has 0 amide bonds. The van der Waals surface area contributed by atoms with Gasteiger partial charge in [-0.05, 0) is 42.3 Å². The van der Waals surface area contributed by atoms with Crippen molar-refractivity contribution in [2.24, 2.45) is 0 Å². The molecule has 112 valence electrons. The van der Waals surface area contributed by atoms with E-state index in [0.29, 0.717) is 5.02 Å². The van der Waals surface area contributed by atoms with Crippen LogP contribution < -0.4 is 10.1 Å². The Morgan fingerprint density at radius 3 is 2.81 bits per heavy atom. The van der Waals surface area contributed by atoms with E-state index in [2.05, 4.69) is 33.2 Å². The van der Waals surface area contributed by atoms with E-state index in [-0.39, 0.29) is 6.04 Å². The molecule has 1 N–H and O–H groups in total. The number of hydrogen-bond acceptors (Lipinski definition) is 3. The molecule has 0 spiro atoms. The Balaban J connectivity index is 2.41. The molecular formula is C16H18BrClN2O. The number of halogens is 2. The van der Waals surface area contributed by atoms with Crippen molar-refractivity contribution >= 4 is 27.5 Å². The van der Waals surface area contributed by atoms with Crippen molar-refractivity contribution < 1.29 is 4.74 Å². The SMILES string of the molecule is CCCNC(c1cncc(OC)c1)c1ccc(Cl)cc1Br. The van der Waals surface area contributed by atoms with Crippen molar-refractivity contribution in [3.05, 3.63) is 57.3 Å². The molecule has 1 unspecified atom stereocenters. The fourth-order valence-electron chi connectivity index (χ4n) is 2.14. The standard InChI is InChI=1S/C16H18BrClN2O/c1-3-6-20-16(11-7-13(21-2)10-19-9-11)14-5-4-12(18)8-15(14)17/h4-5,7-10,16,20H,3,6H2,1-2H3. The summed E-state index contributed by atoms with van der Waals surface area (Å²) in [5, 5.41) is 4.26. The molecule has 0 fully saturated rings. The van der Waals surface area contributed by atoms with E-state index in [1.54, 1.807) is 13.3 Å². The maximum Gasteiger partial charge on any atom is 0.137 e. The van der Waals surface area contributed by atoms with Crippen LogP contribution in [-0.2, 0) is 0 Å². The molecule has 1 aromatic heterocycles. The van der Waals surface area contributed by atoms with Crippen molar-refractivity contribution in [2.75, 3.05) is 13.7 Å². The van der Waals surface area contributed by atoms with Crippen LogP contribution in [0.15, 0.2) is 41.1 Å². The van der Waals surface area contributed by atoms with E-state index >= 15 is 0 Å². The van der Waals surface area contributed by atoms with E-state index in [0.717, 1.165) is 34.3 Å². The maximum absolute atomic E-state index is 6.04. The van der Waals surface area contributed by atoms with Gasteiger partial charge in [0.2, 0.25) is 0 Å². The van der Waals surface area contributed by atoms with Crippen LogP contribution in [0.4, 0.5) is 0 Å². The molecule has 1 aromatic carbocycles. The van der Waals surface area contributed by atoms with E-state index in [4.69, 9.17) is 16.3 Å².